The summed E-state index contributed by atoms with van der Waals surface area (Å²) < 4.78 is 0. The summed E-state index contributed by atoms with van der Waals surface area (Å²) in [4.78, 5) is 15.3. The fourth-order valence-electron chi connectivity index (χ4n) is 2.17. The number of carbonyl (C=O) groups excluding carboxylic acids is 1. The Morgan fingerprint density at radius 1 is 1.06 bits per heavy atom. The number of nitrogens with two attached hydrogens (primary N) is 1. The minimum absolute atomic E-state index is 0.235. The Hall–Kier alpha value is -1.39. The van der Waals surface area contributed by atoms with Gasteiger partial charge in [-0.15, -0.1) is 0 Å². The van der Waals surface area contributed by atoms with Crippen LogP contribution in [0.5, 0.6) is 0 Å². The van der Waals surface area contributed by atoms with E-state index in [2.05, 4.69) is 34.1 Å². The number of rotatable bonds is 4. The molecule has 1 aromatic carbocycles. The maximum Gasteiger partial charge on any atom is 0.231 e. The second-order valence-electron chi connectivity index (χ2n) is 4.50. The number of amides is 1. The molecule has 2 N–H and O–H groups in total. The minimum Gasteiger partial charge on any atom is -0.369 e. The maximum absolute atomic E-state index is 10.8. The Morgan fingerprint density at radius 3 is 2.24 bits per heavy atom. The molecule has 1 heterocycles. The summed E-state index contributed by atoms with van der Waals surface area (Å²) in [6.45, 7) is 5.24. The molecule has 17 heavy (non-hydrogen) atoms. The molecule has 4 heteroatoms. The van der Waals surface area contributed by atoms with Crippen LogP contribution in [0.15, 0.2) is 30.3 Å². The molecule has 92 valence electrons. The zero-order valence-electron chi connectivity index (χ0n) is 10.0. The first-order chi connectivity index (χ1) is 8.24. The Labute approximate surface area is 102 Å². The van der Waals surface area contributed by atoms with E-state index < -0.39 is 0 Å². The van der Waals surface area contributed by atoms with Gasteiger partial charge in [-0.2, -0.15) is 0 Å². The molecule has 0 aromatic heterocycles. The van der Waals surface area contributed by atoms with Crippen LogP contribution in [-0.4, -0.2) is 48.4 Å². The lowest BCUT2D eigenvalue weighted by Crippen LogP contribution is -2.48. The zero-order chi connectivity index (χ0) is 12.1. The van der Waals surface area contributed by atoms with Crippen LogP contribution in [0.2, 0.25) is 0 Å². The van der Waals surface area contributed by atoms with Crippen molar-refractivity contribution in [2.75, 3.05) is 32.7 Å². The molecule has 1 saturated heterocycles. The van der Waals surface area contributed by atoms with Gasteiger partial charge in [0.2, 0.25) is 5.91 Å². The molecule has 0 saturated carbocycles. The van der Waals surface area contributed by atoms with Gasteiger partial charge in [0, 0.05) is 32.7 Å². The van der Waals surface area contributed by atoms with E-state index in [1.165, 1.54) is 5.56 Å². The van der Waals surface area contributed by atoms with Gasteiger partial charge < -0.3 is 5.73 Å². The number of benzene rings is 1. The molecule has 1 fully saturated rings. The highest BCUT2D eigenvalue weighted by atomic mass is 16.1. The highest BCUT2D eigenvalue weighted by Gasteiger charge is 2.17. The van der Waals surface area contributed by atoms with Crippen molar-refractivity contribution in [3.63, 3.8) is 0 Å². The lowest BCUT2D eigenvalue weighted by molar-refractivity contribution is -0.119. The summed E-state index contributed by atoms with van der Waals surface area (Å²) >= 11 is 0. The van der Waals surface area contributed by atoms with Crippen LogP contribution in [0.1, 0.15) is 5.56 Å². The molecule has 1 aliphatic rings. The molecule has 0 bridgehead atoms. The maximum atomic E-state index is 10.8. The third-order valence-corrected chi connectivity index (χ3v) is 3.09. The third kappa shape index (κ3) is 3.84. The number of nitrogens with zero attached hydrogens (tertiary/aromatic N) is 2. The van der Waals surface area contributed by atoms with E-state index >= 15 is 0 Å². The van der Waals surface area contributed by atoms with Crippen molar-refractivity contribution in [2.45, 2.75) is 6.54 Å². The Bertz CT molecular complexity index is 358. The quantitative estimate of drug-likeness (QED) is 0.813. The van der Waals surface area contributed by atoms with Crippen LogP contribution in [0, 0.1) is 0 Å². The van der Waals surface area contributed by atoms with E-state index in [9.17, 15) is 4.79 Å². The van der Waals surface area contributed by atoms with Crippen molar-refractivity contribution in [1.29, 1.82) is 0 Å². The van der Waals surface area contributed by atoms with Crippen molar-refractivity contribution in [1.82, 2.24) is 9.80 Å². The summed E-state index contributed by atoms with van der Waals surface area (Å²) in [6, 6.07) is 10.5. The monoisotopic (exact) mass is 233 g/mol. The van der Waals surface area contributed by atoms with E-state index in [4.69, 9.17) is 5.73 Å². The van der Waals surface area contributed by atoms with Crippen molar-refractivity contribution < 1.29 is 4.79 Å². The number of primary amides is 1. The molecular formula is C13H19N3O. The molecule has 0 spiro atoms. The number of carbonyl (C=O) groups is 1. The van der Waals surface area contributed by atoms with Gasteiger partial charge in [-0.1, -0.05) is 30.3 Å². The van der Waals surface area contributed by atoms with Crippen molar-refractivity contribution in [3.8, 4) is 0 Å². The summed E-state index contributed by atoms with van der Waals surface area (Å²) in [5.74, 6) is -0.235. The molecule has 1 amide bonds. The fraction of sp³-hybridized carbons (Fsp3) is 0.462. The summed E-state index contributed by atoms with van der Waals surface area (Å²) in [7, 11) is 0. The molecule has 2 rings (SSSR count). The highest BCUT2D eigenvalue weighted by Crippen LogP contribution is 2.07. The normalized spacial score (nSPS) is 18.1. The Balaban J connectivity index is 1.78. The third-order valence-electron chi connectivity index (χ3n) is 3.09. The Morgan fingerprint density at radius 2 is 1.65 bits per heavy atom. The summed E-state index contributed by atoms with van der Waals surface area (Å²) in [6.07, 6.45) is 0. The van der Waals surface area contributed by atoms with Crippen LogP contribution < -0.4 is 5.73 Å². The lowest BCUT2D eigenvalue weighted by Gasteiger charge is -2.33. The minimum atomic E-state index is -0.235. The molecular weight excluding hydrogens is 214 g/mol. The summed E-state index contributed by atoms with van der Waals surface area (Å²) in [5.41, 5.74) is 6.53. The number of hydrogen-bond donors (Lipinski definition) is 1. The van der Waals surface area contributed by atoms with Gasteiger partial charge in [0.1, 0.15) is 0 Å². The van der Waals surface area contributed by atoms with Gasteiger partial charge in [-0.05, 0) is 5.56 Å². The van der Waals surface area contributed by atoms with Gasteiger partial charge in [-0.25, -0.2) is 0 Å². The van der Waals surface area contributed by atoms with E-state index in [-0.39, 0.29) is 5.91 Å². The van der Waals surface area contributed by atoms with E-state index in [1.54, 1.807) is 0 Å². The first-order valence-corrected chi connectivity index (χ1v) is 6.01. The van der Waals surface area contributed by atoms with E-state index in [0.29, 0.717) is 6.54 Å². The predicted octanol–water partition coefficient (Wildman–Crippen LogP) is 0.290. The molecule has 0 aliphatic carbocycles. The largest absolute Gasteiger partial charge is 0.369 e. The smallest absolute Gasteiger partial charge is 0.231 e. The lowest BCUT2D eigenvalue weighted by atomic mass is 10.2. The standard InChI is InChI=1S/C13H19N3O/c14-13(17)11-16-8-6-15(7-9-16)10-12-4-2-1-3-5-12/h1-5H,6-11H2,(H2,14,17). The number of hydrogen-bond acceptors (Lipinski definition) is 3. The van der Waals surface area contributed by atoms with Gasteiger partial charge in [0.25, 0.3) is 0 Å². The van der Waals surface area contributed by atoms with Gasteiger partial charge >= 0.3 is 0 Å². The molecule has 0 unspecified atom stereocenters. The highest BCUT2D eigenvalue weighted by molar-refractivity contribution is 5.75. The van der Waals surface area contributed by atoms with E-state index in [1.807, 2.05) is 6.07 Å². The van der Waals surface area contributed by atoms with Crippen molar-refractivity contribution in [3.05, 3.63) is 35.9 Å². The van der Waals surface area contributed by atoms with Crippen LogP contribution in [0.3, 0.4) is 0 Å². The second-order valence-corrected chi connectivity index (χ2v) is 4.50. The van der Waals surface area contributed by atoms with Crippen LogP contribution in [-0.2, 0) is 11.3 Å². The van der Waals surface area contributed by atoms with Crippen LogP contribution >= 0.6 is 0 Å². The first-order valence-electron chi connectivity index (χ1n) is 6.01. The SMILES string of the molecule is NC(=O)CN1CCN(Cc2ccccc2)CC1. The molecule has 1 aromatic rings. The Kier molecular flexibility index (Phi) is 4.12. The molecule has 4 nitrogen and oxygen atoms in total. The van der Waals surface area contributed by atoms with Gasteiger partial charge in [0.15, 0.2) is 0 Å². The van der Waals surface area contributed by atoms with Crippen molar-refractivity contribution in [2.24, 2.45) is 5.73 Å². The van der Waals surface area contributed by atoms with Gasteiger partial charge in [0.05, 0.1) is 6.54 Å². The predicted molar refractivity (Wildman–Crippen MR) is 67.4 cm³/mol. The first kappa shape index (κ1) is 12.1. The van der Waals surface area contributed by atoms with E-state index in [0.717, 1.165) is 32.7 Å². The second kappa shape index (κ2) is 5.80. The summed E-state index contributed by atoms with van der Waals surface area (Å²) in [5, 5.41) is 0. The number of piperazine rings is 1. The topological polar surface area (TPSA) is 49.6 Å². The van der Waals surface area contributed by atoms with Gasteiger partial charge in [-0.3, -0.25) is 14.6 Å². The average molecular weight is 233 g/mol. The van der Waals surface area contributed by atoms with Crippen LogP contribution in [0.4, 0.5) is 0 Å². The average Bonchev–Trinajstić information content (AvgIpc) is 2.32. The zero-order valence-corrected chi connectivity index (χ0v) is 10.0. The molecule has 0 atom stereocenters. The molecule has 1 aliphatic heterocycles. The fourth-order valence-corrected chi connectivity index (χ4v) is 2.17. The molecule has 0 radical (unpaired) electrons. The van der Waals surface area contributed by atoms with Crippen molar-refractivity contribution >= 4 is 5.91 Å². The van der Waals surface area contributed by atoms with Crippen LogP contribution in [0.25, 0.3) is 0 Å².